The zero-order valence-corrected chi connectivity index (χ0v) is 21.7. The summed E-state index contributed by atoms with van der Waals surface area (Å²) in [5.74, 6) is 2.62. The first-order valence-electron chi connectivity index (χ1n) is 10.7. The van der Waals surface area contributed by atoms with Crippen molar-refractivity contribution in [3.8, 4) is 5.75 Å². The molecule has 0 radical (unpaired) electrons. The second-order valence-corrected chi connectivity index (χ2v) is 7.57. The summed E-state index contributed by atoms with van der Waals surface area (Å²) in [4.78, 5) is 4.76. The fourth-order valence-corrected chi connectivity index (χ4v) is 3.49. The Bertz CT molecular complexity index is 965. The molecule has 0 aliphatic rings. The molecule has 7 nitrogen and oxygen atoms in total. The minimum atomic E-state index is 0. The number of aryl methyl sites for hydroxylation is 2. The molecule has 174 valence electrons. The number of aromatic nitrogens is 2. The van der Waals surface area contributed by atoms with Crippen LogP contribution in [0.4, 0.5) is 0 Å². The SMILES string of the molecule is COc1ccc(CN=C(NCCCc2c(C)nn(C)c2C)NCCc2ccco2)cc1.I. The summed E-state index contributed by atoms with van der Waals surface area (Å²) < 4.78 is 12.6. The number of aliphatic imine (C=N–C) groups is 1. The van der Waals surface area contributed by atoms with Crippen molar-refractivity contribution in [2.45, 2.75) is 39.7 Å². The average molecular weight is 551 g/mol. The second kappa shape index (κ2) is 13.1. The first-order valence-corrected chi connectivity index (χ1v) is 10.7. The number of hydrogen-bond acceptors (Lipinski definition) is 4. The first kappa shape index (κ1) is 25.8. The van der Waals surface area contributed by atoms with Crippen LogP contribution in [0.3, 0.4) is 0 Å². The third-order valence-corrected chi connectivity index (χ3v) is 5.38. The fraction of sp³-hybridized carbons (Fsp3) is 0.417. The molecule has 0 saturated carbocycles. The Morgan fingerprint density at radius 2 is 1.84 bits per heavy atom. The maximum atomic E-state index is 5.42. The molecule has 2 N–H and O–H groups in total. The number of rotatable bonds is 10. The van der Waals surface area contributed by atoms with E-state index in [1.54, 1.807) is 13.4 Å². The van der Waals surface area contributed by atoms with Gasteiger partial charge in [-0.25, -0.2) is 4.99 Å². The summed E-state index contributed by atoms with van der Waals surface area (Å²) in [5, 5.41) is 11.4. The van der Waals surface area contributed by atoms with Crippen molar-refractivity contribution >= 4 is 29.9 Å². The maximum Gasteiger partial charge on any atom is 0.191 e. The van der Waals surface area contributed by atoms with E-state index in [4.69, 9.17) is 14.1 Å². The molecule has 0 aliphatic carbocycles. The van der Waals surface area contributed by atoms with Crippen molar-refractivity contribution in [2.75, 3.05) is 20.2 Å². The van der Waals surface area contributed by atoms with Gasteiger partial charge in [0.2, 0.25) is 0 Å². The average Bonchev–Trinajstić information content (AvgIpc) is 3.38. The Hall–Kier alpha value is -2.49. The Kier molecular flexibility index (Phi) is 10.6. The molecule has 3 aromatic rings. The minimum Gasteiger partial charge on any atom is -0.497 e. The number of nitrogens with one attached hydrogen (secondary N) is 2. The molecular weight excluding hydrogens is 517 g/mol. The standard InChI is InChI=1S/C24H33N5O2.HI/c1-18-23(19(2)29(3)28-18)8-5-14-25-24(26-15-13-22-7-6-16-31-22)27-17-20-9-11-21(30-4)12-10-20;/h6-7,9-12,16H,5,8,13-15,17H2,1-4H3,(H2,25,26,27);1H. The predicted molar refractivity (Wildman–Crippen MR) is 139 cm³/mol. The lowest BCUT2D eigenvalue weighted by Gasteiger charge is -2.13. The second-order valence-electron chi connectivity index (χ2n) is 7.57. The molecule has 0 atom stereocenters. The molecule has 0 saturated heterocycles. The van der Waals surface area contributed by atoms with Crippen molar-refractivity contribution < 1.29 is 9.15 Å². The number of methoxy groups -OCH3 is 1. The normalized spacial score (nSPS) is 11.2. The lowest BCUT2D eigenvalue weighted by Crippen LogP contribution is -2.39. The van der Waals surface area contributed by atoms with Crippen LogP contribution in [0.15, 0.2) is 52.1 Å². The number of guanidine groups is 1. The number of benzene rings is 1. The van der Waals surface area contributed by atoms with Gasteiger partial charge in [0, 0.05) is 32.3 Å². The third kappa shape index (κ3) is 7.58. The van der Waals surface area contributed by atoms with Crippen molar-refractivity contribution in [3.05, 3.63) is 70.9 Å². The van der Waals surface area contributed by atoms with Crippen LogP contribution >= 0.6 is 24.0 Å². The highest BCUT2D eigenvalue weighted by Crippen LogP contribution is 2.14. The molecule has 0 unspecified atom stereocenters. The zero-order valence-electron chi connectivity index (χ0n) is 19.4. The van der Waals surface area contributed by atoms with E-state index in [1.807, 2.05) is 48.1 Å². The van der Waals surface area contributed by atoms with Gasteiger partial charge < -0.3 is 19.8 Å². The molecule has 2 aromatic heterocycles. The Morgan fingerprint density at radius 3 is 2.47 bits per heavy atom. The van der Waals surface area contributed by atoms with E-state index in [2.05, 4.69) is 29.6 Å². The molecule has 8 heteroatoms. The number of hydrogen-bond donors (Lipinski definition) is 2. The first-order chi connectivity index (χ1) is 15.1. The predicted octanol–water partition coefficient (Wildman–Crippen LogP) is 4.17. The van der Waals surface area contributed by atoms with Crippen LogP contribution in [0.2, 0.25) is 0 Å². The van der Waals surface area contributed by atoms with E-state index in [-0.39, 0.29) is 24.0 Å². The summed E-state index contributed by atoms with van der Waals surface area (Å²) in [5.41, 5.74) is 4.83. The van der Waals surface area contributed by atoms with Crippen molar-refractivity contribution in [3.63, 3.8) is 0 Å². The van der Waals surface area contributed by atoms with Crippen LogP contribution in [0.25, 0.3) is 0 Å². The monoisotopic (exact) mass is 551 g/mol. The fourth-order valence-electron chi connectivity index (χ4n) is 3.49. The van der Waals surface area contributed by atoms with Crippen molar-refractivity contribution in [1.82, 2.24) is 20.4 Å². The van der Waals surface area contributed by atoms with Gasteiger partial charge in [-0.15, -0.1) is 24.0 Å². The molecule has 0 amide bonds. The van der Waals surface area contributed by atoms with Gasteiger partial charge in [-0.3, -0.25) is 4.68 Å². The van der Waals surface area contributed by atoms with Gasteiger partial charge in [0.1, 0.15) is 11.5 Å². The summed E-state index contributed by atoms with van der Waals surface area (Å²) >= 11 is 0. The van der Waals surface area contributed by atoms with Crippen LogP contribution in [0, 0.1) is 13.8 Å². The summed E-state index contributed by atoms with van der Waals surface area (Å²) in [7, 11) is 3.67. The molecule has 0 spiro atoms. The Balaban J connectivity index is 0.00000363. The summed E-state index contributed by atoms with van der Waals surface area (Å²) in [6.07, 6.45) is 4.52. The van der Waals surface area contributed by atoms with E-state index < -0.39 is 0 Å². The van der Waals surface area contributed by atoms with E-state index >= 15 is 0 Å². The zero-order chi connectivity index (χ0) is 22.1. The highest BCUT2D eigenvalue weighted by atomic mass is 127. The Labute approximate surface area is 207 Å². The number of nitrogens with zero attached hydrogens (tertiary/aromatic N) is 3. The smallest absolute Gasteiger partial charge is 0.191 e. The van der Waals surface area contributed by atoms with Gasteiger partial charge in [0.15, 0.2) is 5.96 Å². The Morgan fingerprint density at radius 1 is 1.09 bits per heavy atom. The minimum absolute atomic E-state index is 0. The summed E-state index contributed by atoms with van der Waals surface area (Å²) in [6.45, 7) is 6.39. The molecule has 1 aromatic carbocycles. The van der Waals surface area contributed by atoms with Crippen LogP contribution in [-0.2, 0) is 26.4 Å². The van der Waals surface area contributed by atoms with Gasteiger partial charge >= 0.3 is 0 Å². The van der Waals surface area contributed by atoms with Gasteiger partial charge in [-0.05, 0) is 62.1 Å². The van der Waals surface area contributed by atoms with Gasteiger partial charge in [0.25, 0.3) is 0 Å². The molecule has 32 heavy (non-hydrogen) atoms. The van der Waals surface area contributed by atoms with Crippen LogP contribution in [0.1, 0.15) is 34.7 Å². The van der Waals surface area contributed by atoms with Crippen molar-refractivity contribution in [1.29, 1.82) is 0 Å². The van der Waals surface area contributed by atoms with Crippen LogP contribution in [-0.4, -0.2) is 35.9 Å². The largest absolute Gasteiger partial charge is 0.497 e. The lowest BCUT2D eigenvalue weighted by atomic mass is 10.1. The molecule has 3 rings (SSSR count). The van der Waals surface area contributed by atoms with Crippen LogP contribution < -0.4 is 15.4 Å². The van der Waals surface area contributed by atoms with Gasteiger partial charge in [-0.1, -0.05) is 12.1 Å². The molecule has 0 bridgehead atoms. The highest BCUT2D eigenvalue weighted by molar-refractivity contribution is 14.0. The number of ether oxygens (including phenoxy) is 1. The number of halogens is 1. The third-order valence-electron chi connectivity index (χ3n) is 5.38. The quantitative estimate of drug-likeness (QED) is 0.171. The molecule has 0 fully saturated rings. The van der Waals surface area contributed by atoms with E-state index in [0.717, 1.165) is 61.1 Å². The van der Waals surface area contributed by atoms with E-state index in [9.17, 15) is 0 Å². The van der Waals surface area contributed by atoms with E-state index in [1.165, 1.54) is 11.3 Å². The van der Waals surface area contributed by atoms with E-state index in [0.29, 0.717) is 6.54 Å². The molecule has 0 aliphatic heterocycles. The number of furan rings is 1. The topological polar surface area (TPSA) is 76.6 Å². The van der Waals surface area contributed by atoms with Gasteiger partial charge in [-0.2, -0.15) is 5.10 Å². The van der Waals surface area contributed by atoms with Gasteiger partial charge in [0.05, 0.1) is 25.6 Å². The summed E-state index contributed by atoms with van der Waals surface area (Å²) in [6, 6.07) is 11.9. The molecule has 2 heterocycles. The maximum absolute atomic E-state index is 5.42. The van der Waals surface area contributed by atoms with Crippen LogP contribution in [0.5, 0.6) is 5.75 Å². The van der Waals surface area contributed by atoms with Crippen molar-refractivity contribution in [2.24, 2.45) is 12.0 Å². The highest BCUT2D eigenvalue weighted by Gasteiger charge is 2.09. The molecular formula is C24H34IN5O2. The lowest BCUT2D eigenvalue weighted by molar-refractivity contribution is 0.414.